The minimum Gasteiger partial charge on any atom is -0.441 e. The van der Waals surface area contributed by atoms with Gasteiger partial charge in [0.25, 0.3) is 0 Å². The number of aryl methyl sites for hydroxylation is 2. The predicted molar refractivity (Wildman–Crippen MR) is 192 cm³/mol. The van der Waals surface area contributed by atoms with Crippen LogP contribution in [0.3, 0.4) is 0 Å². The molecule has 2 aliphatic rings. The van der Waals surface area contributed by atoms with Gasteiger partial charge in [0.1, 0.15) is 35.2 Å². The fourth-order valence-electron chi connectivity index (χ4n) is 5.99. The molecule has 0 aliphatic carbocycles. The van der Waals surface area contributed by atoms with Crippen LogP contribution in [0.5, 0.6) is 0 Å². The smallest absolute Gasteiger partial charge is 0.441 e. The summed E-state index contributed by atoms with van der Waals surface area (Å²) in [6, 6.07) is 14.9. The molecule has 6 heterocycles. The maximum atomic E-state index is 15.2. The molecule has 4 aromatic heterocycles. The van der Waals surface area contributed by atoms with Gasteiger partial charge in [-0.2, -0.15) is 9.59 Å². The van der Waals surface area contributed by atoms with Crippen molar-refractivity contribution in [1.82, 2.24) is 50.4 Å². The van der Waals surface area contributed by atoms with Crippen molar-refractivity contribution in [2.75, 3.05) is 36.1 Å². The van der Waals surface area contributed by atoms with E-state index in [1.807, 2.05) is 0 Å². The molecule has 2 saturated heterocycles. The lowest BCUT2D eigenvalue weighted by Gasteiger charge is -2.17. The molecule has 2 aliphatic heterocycles. The van der Waals surface area contributed by atoms with Crippen LogP contribution < -0.4 is 9.80 Å². The highest BCUT2D eigenvalue weighted by molar-refractivity contribution is 7.47. The van der Waals surface area contributed by atoms with Crippen molar-refractivity contribution in [2.45, 2.75) is 12.2 Å². The van der Waals surface area contributed by atoms with Crippen LogP contribution >= 0.6 is 7.82 Å². The zero-order valence-corrected chi connectivity index (χ0v) is 30.7. The summed E-state index contributed by atoms with van der Waals surface area (Å²) in [7, 11) is -1.50. The number of aromatic nitrogens is 10. The Balaban J connectivity index is 0.820. The van der Waals surface area contributed by atoms with Crippen molar-refractivity contribution in [3.8, 4) is 45.3 Å². The second kappa shape index (κ2) is 15.1. The number of phosphoric ester groups is 1. The van der Waals surface area contributed by atoms with Crippen LogP contribution in [0.25, 0.3) is 45.3 Å². The predicted octanol–water partition coefficient (Wildman–Crippen LogP) is 3.95. The molecule has 8 rings (SSSR count). The van der Waals surface area contributed by atoms with Gasteiger partial charge in [-0.05, 0) is 59.0 Å². The van der Waals surface area contributed by atoms with Crippen LogP contribution in [0, 0.1) is 11.6 Å². The third-order valence-electron chi connectivity index (χ3n) is 8.75. The summed E-state index contributed by atoms with van der Waals surface area (Å²) in [4.78, 5) is 49.1. The Kier molecular flexibility index (Phi) is 9.92. The van der Waals surface area contributed by atoms with Crippen molar-refractivity contribution in [1.29, 1.82) is 0 Å². The van der Waals surface area contributed by atoms with Gasteiger partial charge in [0, 0.05) is 34.6 Å². The highest BCUT2D eigenvalue weighted by Crippen LogP contribution is 2.44. The van der Waals surface area contributed by atoms with E-state index >= 15 is 8.78 Å². The van der Waals surface area contributed by atoms with Gasteiger partial charge in [0.15, 0.2) is 0 Å². The number of benzene rings is 2. The first-order valence-corrected chi connectivity index (χ1v) is 18.5. The number of phosphoric acid groups is 1. The van der Waals surface area contributed by atoms with Gasteiger partial charge in [0.05, 0.1) is 51.8 Å². The van der Waals surface area contributed by atoms with Crippen LogP contribution in [0.2, 0.25) is 0 Å². The number of amides is 2. The number of pyridine rings is 2. The van der Waals surface area contributed by atoms with E-state index in [1.165, 1.54) is 46.3 Å². The topological polar surface area (TPSA) is 228 Å². The van der Waals surface area contributed by atoms with E-state index in [9.17, 15) is 19.0 Å². The van der Waals surface area contributed by atoms with Crippen LogP contribution in [0.1, 0.15) is 0 Å². The average molecular weight is 803 g/mol. The molecule has 20 nitrogen and oxygen atoms in total. The van der Waals surface area contributed by atoms with E-state index in [-0.39, 0.29) is 35.6 Å². The Morgan fingerprint density at radius 1 is 0.719 bits per heavy atom. The third-order valence-corrected chi connectivity index (χ3v) is 9.70. The number of hydrogen-bond donors (Lipinski definition) is 1. The highest BCUT2D eigenvalue weighted by atomic mass is 31.2. The number of anilines is 2. The number of hydrogen-bond acceptors (Lipinski definition) is 15. The molecule has 6 aromatic rings. The maximum absolute atomic E-state index is 15.2. The second-order valence-electron chi connectivity index (χ2n) is 12.7. The summed E-state index contributed by atoms with van der Waals surface area (Å²) in [5.41, 5.74) is 2.68. The van der Waals surface area contributed by atoms with E-state index in [0.29, 0.717) is 34.2 Å². The molecule has 2 fully saturated rings. The maximum Gasteiger partial charge on any atom is 0.472 e. The summed E-state index contributed by atoms with van der Waals surface area (Å²) in [6.07, 6.45) is -0.719. The van der Waals surface area contributed by atoms with Crippen molar-refractivity contribution in [3.63, 3.8) is 0 Å². The third kappa shape index (κ3) is 8.05. The molecule has 57 heavy (non-hydrogen) atoms. The SMILES string of the molecule is Cn1nnc(-c2ccc(-c3ccc(N4C[C@H](COP(=O)(O)OC[C@H]5CN(c6ccc(-c7ccc(-c8nnn(C)n8)nc7)c(F)c6)C(=O)O5)OC4=O)cc3F)cn2)n1. The van der Waals surface area contributed by atoms with Gasteiger partial charge < -0.3 is 14.4 Å². The summed E-state index contributed by atoms with van der Waals surface area (Å²) in [5.74, 6) is -0.637. The van der Waals surface area contributed by atoms with Gasteiger partial charge in [-0.1, -0.05) is 12.1 Å². The fraction of sp³-hybridized carbons (Fsp3) is 0.235. The highest BCUT2D eigenvalue weighted by Gasteiger charge is 2.38. The molecule has 1 N–H and O–H groups in total. The first kappa shape index (κ1) is 37.3. The van der Waals surface area contributed by atoms with Crippen molar-refractivity contribution < 1.29 is 46.3 Å². The molecular weight excluding hydrogens is 773 g/mol. The molecule has 2 atom stereocenters. The van der Waals surface area contributed by atoms with Gasteiger partial charge in [-0.25, -0.2) is 22.9 Å². The van der Waals surface area contributed by atoms with E-state index in [2.05, 4.69) is 40.8 Å². The van der Waals surface area contributed by atoms with Crippen LogP contribution in [0.4, 0.5) is 29.7 Å². The number of ether oxygens (including phenoxy) is 2. The second-order valence-corrected chi connectivity index (χ2v) is 14.1. The standard InChI is InChI=1S/C34H29F2N12O8P/c1-45-41-31(39-43-45)29-9-3-19(13-37-29)25-7-5-21(11-27(25)35)47-15-23(55-33(47)49)17-53-57(51,52)54-18-24-16-48(34(50)56-24)22-6-8-26(28(36)12-22)20-4-10-30(38-14-20)32-40-44-46(2)42-32/h3-14,23-24H,15-18H2,1-2H3,(H,51,52)/t23-,24-/m1/s1. The number of cyclic esters (lactones) is 2. The minimum atomic E-state index is -4.74. The van der Waals surface area contributed by atoms with Gasteiger partial charge in [-0.3, -0.25) is 28.8 Å². The summed E-state index contributed by atoms with van der Waals surface area (Å²) < 4.78 is 63.8. The van der Waals surface area contributed by atoms with Crippen molar-refractivity contribution in [2.24, 2.45) is 14.1 Å². The number of carbonyl (C=O) groups is 2. The Labute approximate surface area is 320 Å². The summed E-state index contributed by atoms with van der Waals surface area (Å²) in [6.45, 7) is -1.31. The fourth-order valence-corrected chi connectivity index (χ4v) is 6.77. The van der Waals surface area contributed by atoms with Gasteiger partial charge >= 0.3 is 20.0 Å². The lowest BCUT2D eigenvalue weighted by molar-refractivity contribution is 0.0572. The molecule has 0 radical (unpaired) electrons. The van der Waals surface area contributed by atoms with Crippen LogP contribution in [-0.2, 0) is 37.2 Å². The van der Waals surface area contributed by atoms with E-state index in [4.69, 9.17) is 18.5 Å². The minimum absolute atomic E-state index is 0.119. The van der Waals surface area contributed by atoms with Gasteiger partial charge in [-0.15, -0.1) is 20.4 Å². The number of halogens is 2. The molecule has 2 aromatic carbocycles. The lowest BCUT2D eigenvalue weighted by Crippen LogP contribution is -2.26. The Morgan fingerprint density at radius 3 is 1.51 bits per heavy atom. The molecule has 0 unspecified atom stereocenters. The van der Waals surface area contributed by atoms with Crippen molar-refractivity contribution in [3.05, 3.63) is 84.7 Å². The van der Waals surface area contributed by atoms with Crippen LogP contribution in [0.15, 0.2) is 73.1 Å². The Hall–Kier alpha value is -6.61. The zero-order chi connectivity index (χ0) is 39.8. The average Bonchev–Trinajstić information content (AvgIpc) is 4.01. The first-order valence-electron chi connectivity index (χ1n) is 17.0. The number of nitrogens with zero attached hydrogens (tertiary/aromatic N) is 12. The molecule has 2 amide bonds. The molecule has 0 saturated carbocycles. The largest absolute Gasteiger partial charge is 0.472 e. The molecule has 292 valence electrons. The molecule has 0 bridgehead atoms. The number of tetrazole rings is 2. The zero-order valence-electron chi connectivity index (χ0n) is 29.8. The normalized spacial score (nSPS) is 17.0. The number of rotatable bonds is 12. The Morgan fingerprint density at radius 2 is 1.16 bits per heavy atom. The first-order chi connectivity index (χ1) is 27.4. The van der Waals surface area contributed by atoms with Gasteiger partial charge in [0.2, 0.25) is 11.6 Å². The summed E-state index contributed by atoms with van der Waals surface area (Å²) >= 11 is 0. The quantitative estimate of drug-likeness (QED) is 0.173. The van der Waals surface area contributed by atoms with E-state index in [1.54, 1.807) is 38.4 Å². The molecular formula is C34H29F2N12O8P. The number of carbonyl (C=O) groups excluding carboxylic acids is 2. The van der Waals surface area contributed by atoms with E-state index in [0.717, 1.165) is 21.9 Å². The van der Waals surface area contributed by atoms with Crippen LogP contribution in [-0.4, -0.2) is 106 Å². The lowest BCUT2D eigenvalue weighted by atomic mass is 10.1. The summed E-state index contributed by atoms with van der Waals surface area (Å²) in [5, 5.41) is 23.5. The monoisotopic (exact) mass is 802 g/mol. The molecule has 23 heteroatoms. The van der Waals surface area contributed by atoms with Crippen molar-refractivity contribution >= 4 is 31.4 Å². The van der Waals surface area contributed by atoms with E-state index < -0.39 is 57.1 Å². The molecule has 0 spiro atoms. The Bertz CT molecular complexity index is 2350.